The van der Waals surface area contributed by atoms with E-state index < -0.39 is 32.0 Å². The normalized spacial score (nSPS) is 14.0. The van der Waals surface area contributed by atoms with E-state index in [4.69, 9.17) is 0 Å². The van der Waals surface area contributed by atoms with Crippen LogP contribution in [0.15, 0.2) is 20.6 Å². The van der Waals surface area contributed by atoms with E-state index in [0.29, 0.717) is 5.56 Å². The van der Waals surface area contributed by atoms with Crippen LogP contribution < -0.4 is 16.9 Å². The number of nitrogens with zero attached hydrogens (tertiary/aromatic N) is 1. The van der Waals surface area contributed by atoms with Gasteiger partial charge in [0.15, 0.2) is 0 Å². The molecule has 110 valence electrons. The Balaban J connectivity index is 2.29. The molecule has 0 amide bonds. The zero-order valence-corrected chi connectivity index (χ0v) is 13.6. The van der Waals surface area contributed by atoms with Gasteiger partial charge in [-0.2, -0.15) is 0 Å². The molecule has 0 aromatic carbocycles. The molecule has 1 aliphatic heterocycles. The molecule has 0 spiro atoms. The number of hydrogen-bond acceptors (Lipinski definition) is 3. The highest BCUT2D eigenvalue weighted by Crippen LogP contribution is 2.31. The van der Waals surface area contributed by atoms with Gasteiger partial charge in [0.2, 0.25) is 0 Å². The van der Waals surface area contributed by atoms with Crippen molar-refractivity contribution < 1.29 is 0 Å². The van der Waals surface area contributed by atoms with Crippen molar-refractivity contribution in [3.8, 4) is 0 Å². The Labute approximate surface area is 128 Å². The first-order valence-electron chi connectivity index (χ1n) is 6.35. The molecule has 0 saturated heterocycles. The van der Waals surface area contributed by atoms with Crippen molar-refractivity contribution in [2.45, 2.75) is 13.3 Å². The fourth-order valence-corrected chi connectivity index (χ4v) is 5.13. The van der Waals surface area contributed by atoms with Crippen LogP contribution in [0.5, 0.6) is 0 Å². The van der Waals surface area contributed by atoms with Crippen LogP contribution in [0.3, 0.4) is 0 Å². The molecule has 0 saturated carbocycles. The molecule has 3 heterocycles. The average molecular weight is 400 g/mol. The minimum absolute atomic E-state index is 0.150. The van der Waals surface area contributed by atoms with Gasteiger partial charge in [-0.3, -0.25) is 14.3 Å². The molecule has 7 nitrogen and oxygen atoms in total. The maximum atomic E-state index is 12.0. The van der Waals surface area contributed by atoms with Crippen LogP contribution in [-0.2, 0) is 7.05 Å². The first kappa shape index (κ1) is 14.0. The Morgan fingerprint density at radius 3 is 2.67 bits per heavy atom. The number of allylic oxidation sites excluding steroid dienone is 1. The molecule has 8 heteroatoms. The summed E-state index contributed by atoms with van der Waals surface area (Å²) in [5, 5.41) is 0. The van der Waals surface area contributed by atoms with E-state index in [1.807, 2.05) is 13.0 Å². The summed E-state index contributed by atoms with van der Waals surface area (Å²) in [6.07, 6.45) is 4.08. The van der Waals surface area contributed by atoms with Crippen LogP contribution in [0.1, 0.15) is 24.6 Å². The summed E-state index contributed by atoms with van der Waals surface area (Å²) in [7, 11) is 1.70. The van der Waals surface area contributed by atoms with Crippen LogP contribution >= 0.6 is 20.7 Å². The SMILES string of the molecule is CCC1=Ic2[nH]c(=O)n(C)c2C=C1c1c[nH]c(=O)[nH]c1=O. The fourth-order valence-electron chi connectivity index (χ4n) is 2.20. The van der Waals surface area contributed by atoms with Crippen LogP contribution in [0.25, 0.3) is 11.6 Å². The second-order valence-electron chi connectivity index (χ2n) is 4.58. The summed E-state index contributed by atoms with van der Waals surface area (Å²) in [6, 6.07) is 0. The zero-order valence-electron chi connectivity index (χ0n) is 11.4. The molecule has 3 rings (SSSR count). The van der Waals surface area contributed by atoms with Gasteiger partial charge >= 0.3 is 11.4 Å². The molecule has 1 aliphatic rings. The second-order valence-corrected chi connectivity index (χ2v) is 7.51. The van der Waals surface area contributed by atoms with Gasteiger partial charge in [0, 0.05) is 13.2 Å². The van der Waals surface area contributed by atoms with Gasteiger partial charge in [-0.1, -0.05) is 27.7 Å². The van der Waals surface area contributed by atoms with E-state index in [0.717, 1.165) is 24.9 Å². The van der Waals surface area contributed by atoms with Gasteiger partial charge in [-0.05, 0) is 21.6 Å². The highest BCUT2D eigenvalue weighted by molar-refractivity contribution is 14.2. The Bertz CT molecular complexity index is 955. The Kier molecular flexibility index (Phi) is 3.40. The number of nitrogens with one attached hydrogen (secondary N) is 3. The third-order valence-corrected chi connectivity index (χ3v) is 6.67. The minimum Gasteiger partial charge on any atom is -0.313 e. The zero-order chi connectivity index (χ0) is 15.1. The van der Waals surface area contributed by atoms with Crippen LogP contribution in [0.2, 0.25) is 0 Å². The molecule has 3 N–H and O–H groups in total. The van der Waals surface area contributed by atoms with E-state index in [1.165, 1.54) is 6.20 Å². The molecule has 0 unspecified atom stereocenters. The molecule has 2 aromatic heterocycles. The lowest BCUT2D eigenvalue weighted by Gasteiger charge is -2.14. The van der Waals surface area contributed by atoms with Crippen molar-refractivity contribution in [3.05, 3.63) is 52.5 Å². The number of aromatic nitrogens is 4. The number of imidazole rings is 1. The van der Waals surface area contributed by atoms with E-state index >= 15 is 0 Å². The highest BCUT2D eigenvalue weighted by atomic mass is 127. The van der Waals surface area contributed by atoms with Crippen LogP contribution in [-0.4, -0.2) is 23.0 Å². The van der Waals surface area contributed by atoms with Crippen LogP contribution in [0, 0.1) is 3.70 Å². The van der Waals surface area contributed by atoms with Gasteiger partial charge in [0.05, 0.1) is 11.3 Å². The maximum absolute atomic E-state index is 12.0. The molecular weight excluding hydrogens is 387 g/mol. The first-order valence-corrected chi connectivity index (χ1v) is 8.51. The predicted octanol–water partition coefficient (Wildman–Crippen LogP) is 0.367. The van der Waals surface area contributed by atoms with Crippen molar-refractivity contribution in [2.75, 3.05) is 0 Å². The highest BCUT2D eigenvalue weighted by Gasteiger charge is 2.20. The lowest BCUT2D eigenvalue weighted by Crippen LogP contribution is -2.25. The number of H-pyrrole nitrogens is 3. The molecule has 0 atom stereocenters. The lowest BCUT2D eigenvalue weighted by molar-refractivity contribution is 0.853. The quantitative estimate of drug-likeness (QED) is 0.635. The summed E-state index contributed by atoms with van der Waals surface area (Å²) in [5.74, 6) is 0. The smallest absolute Gasteiger partial charge is 0.313 e. The molecule has 0 fully saturated rings. The molecule has 0 radical (unpaired) electrons. The third-order valence-electron chi connectivity index (χ3n) is 3.31. The molecule has 0 bridgehead atoms. The van der Waals surface area contributed by atoms with Crippen LogP contribution in [0.4, 0.5) is 0 Å². The Morgan fingerprint density at radius 1 is 1.24 bits per heavy atom. The monoisotopic (exact) mass is 400 g/mol. The van der Waals surface area contributed by atoms with Crippen molar-refractivity contribution >= 4 is 35.9 Å². The average Bonchev–Trinajstić information content (AvgIpc) is 2.73. The standard InChI is InChI=1S/C13H13IN4O3/c1-3-8-6(7-5-15-12(20)17-11(7)19)4-9-10(14-8)16-13(21)18(9)2/h4-5H,3H2,1-2H3,(H,16,21)(H2,15,17,19,20). The molecule has 0 aliphatic carbocycles. The van der Waals surface area contributed by atoms with E-state index in [9.17, 15) is 14.4 Å². The van der Waals surface area contributed by atoms with Gasteiger partial charge < -0.3 is 9.97 Å². The van der Waals surface area contributed by atoms with Crippen molar-refractivity contribution in [1.29, 1.82) is 0 Å². The molecular formula is C13H13IN4O3. The first-order chi connectivity index (χ1) is 10.0. The third kappa shape index (κ3) is 2.28. The Hall–Kier alpha value is -1.97. The van der Waals surface area contributed by atoms with E-state index in [2.05, 4.69) is 15.0 Å². The predicted molar refractivity (Wildman–Crippen MR) is 89.6 cm³/mol. The topological polar surface area (TPSA) is 104 Å². The molecule has 21 heavy (non-hydrogen) atoms. The summed E-state index contributed by atoms with van der Waals surface area (Å²) in [6.45, 7) is 2.02. The second kappa shape index (κ2) is 5.10. The van der Waals surface area contributed by atoms with E-state index in [-0.39, 0.29) is 5.69 Å². The van der Waals surface area contributed by atoms with Crippen molar-refractivity contribution in [2.24, 2.45) is 7.05 Å². The molecule has 2 aromatic rings. The van der Waals surface area contributed by atoms with Crippen molar-refractivity contribution in [1.82, 2.24) is 19.5 Å². The fraction of sp³-hybridized carbons (Fsp3) is 0.231. The number of aromatic amines is 3. The summed E-state index contributed by atoms with van der Waals surface area (Å²) in [4.78, 5) is 42.5. The number of halogens is 1. The lowest BCUT2D eigenvalue weighted by atomic mass is 10.0. The number of hydrogen-bond donors (Lipinski definition) is 3. The van der Waals surface area contributed by atoms with Gasteiger partial charge in [0.25, 0.3) is 5.56 Å². The van der Waals surface area contributed by atoms with E-state index in [1.54, 1.807) is 11.6 Å². The Morgan fingerprint density at radius 2 is 2.00 bits per heavy atom. The van der Waals surface area contributed by atoms with Gasteiger partial charge in [-0.25, -0.2) is 9.59 Å². The summed E-state index contributed by atoms with van der Waals surface area (Å²) < 4.78 is 3.66. The largest absolute Gasteiger partial charge is 0.326 e. The van der Waals surface area contributed by atoms with Crippen molar-refractivity contribution in [3.63, 3.8) is 0 Å². The van der Waals surface area contributed by atoms with Gasteiger partial charge in [-0.15, -0.1) is 0 Å². The van der Waals surface area contributed by atoms with Gasteiger partial charge in [0.1, 0.15) is 3.70 Å². The number of rotatable bonds is 2. The minimum atomic E-state index is -0.526. The maximum Gasteiger partial charge on any atom is 0.326 e. The summed E-state index contributed by atoms with van der Waals surface area (Å²) >= 11 is -0.526. The number of fused-ring (bicyclic) bond motifs is 1. The summed E-state index contributed by atoms with van der Waals surface area (Å²) in [5.41, 5.74) is 0.968.